The van der Waals surface area contributed by atoms with Gasteiger partial charge in [0.2, 0.25) is 0 Å². The number of rotatable bonds is 3. The summed E-state index contributed by atoms with van der Waals surface area (Å²) in [6, 6.07) is 11.2. The molecule has 1 unspecified atom stereocenters. The van der Waals surface area contributed by atoms with Crippen molar-refractivity contribution in [1.82, 2.24) is 0 Å². The summed E-state index contributed by atoms with van der Waals surface area (Å²) >= 11 is 0. The Morgan fingerprint density at radius 2 is 2.00 bits per heavy atom. The van der Waals surface area contributed by atoms with E-state index in [2.05, 4.69) is 0 Å². The predicted octanol–water partition coefficient (Wildman–Crippen LogP) is 1.71. The highest BCUT2D eigenvalue weighted by molar-refractivity contribution is 7.85. The van der Waals surface area contributed by atoms with Crippen LogP contribution in [0.5, 0.6) is 0 Å². The topological polar surface area (TPSA) is 40.9 Å². The number of hydrogen-bond donors (Lipinski definition) is 0. The highest BCUT2D eigenvalue weighted by Crippen LogP contribution is 2.05. The molecular weight excluding hydrogens is 170 g/mol. The standard InChI is InChI=1S/C9H9NOS/c10-7-4-8-12(11)9-5-2-1-3-6-9/h1-3,5-6H,4,8H2. The zero-order valence-electron chi connectivity index (χ0n) is 6.56. The fourth-order valence-corrected chi connectivity index (χ4v) is 1.80. The Kier molecular flexibility index (Phi) is 3.49. The van der Waals surface area contributed by atoms with Crippen molar-refractivity contribution < 1.29 is 4.21 Å². The molecule has 0 amide bonds. The van der Waals surface area contributed by atoms with E-state index in [1.165, 1.54) is 0 Å². The first-order valence-corrected chi connectivity index (χ1v) is 4.97. The lowest BCUT2D eigenvalue weighted by molar-refractivity contribution is 0.683. The summed E-state index contributed by atoms with van der Waals surface area (Å²) < 4.78 is 11.4. The van der Waals surface area contributed by atoms with E-state index in [0.717, 1.165) is 4.90 Å². The molecule has 2 nitrogen and oxygen atoms in total. The first-order chi connectivity index (χ1) is 5.84. The molecule has 0 saturated carbocycles. The molecule has 0 N–H and O–H groups in total. The van der Waals surface area contributed by atoms with Gasteiger partial charge in [0.15, 0.2) is 0 Å². The molecule has 0 aliphatic heterocycles. The van der Waals surface area contributed by atoms with E-state index in [9.17, 15) is 4.21 Å². The molecule has 0 aromatic heterocycles. The van der Waals surface area contributed by atoms with Crippen LogP contribution in [-0.4, -0.2) is 9.96 Å². The zero-order valence-corrected chi connectivity index (χ0v) is 7.38. The Morgan fingerprint density at radius 1 is 1.33 bits per heavy atom. The van der Waals surface area contributed by atoms with Gasteiger partial charge in [0, 0.05) is 17.1 Å². The molecular formula is C9H9NOS. The first kappa shape index (κ1) is 8.95. The quantitative estimate of drug-likeness (QED) is 0.708. The van der Waals surface area contributed by atoms with Gasteiger partial charge in [-0.25, -0.2) is 0 Å². The van der Waals surface area contributed by atoms with E-state index in [1.807, 2.05) is 36.4 Å². The summed E-state index contributed by atoms with van der Waals surface area (Å²) in [5, 5.41) is 8.28. The van der Waals surface area contributed by atoms with Crippen LogP contribution in [0.2, 0.25) is 0 Å². The summed E-state index contributed by atoms with van der Waals surface area (Å²) in [5.41, 5.74) is 0. The Balaban J connectivity index is 2.61. The molecule has 1 rings (SSSR count). The smallest absolute Gasteiger partial charge is 0.0631 e. The van der Waals surface area contributed by atoms with Gasteiger partial charge >= 0.3 is 0 Å². The second kappa shape index (κ2) is 4.68. The van der Waals surface area contributed by atoms with Gasteiger partial charge in [-0.3, -0.25) is 4.21 Å². The van der Waals surface area contributed by atoms with Crippen LogP contribution in [0.25, 0.3) is 0 Å². The number of benzene rings is 1. The molecule has 0 aliphatic carbocycles. The highest BCUT2D eigenvalue weighted by Gasteiger charge is 2.00. The molecule has 0 radical (unpaired) electrons. The fourth-order valence-electron chi connectivity index (χ4n) is 0.828. The lowest BCUT2D eigenvalue weighted by Gasteiger charge is -1.96. The van der Waals surface area contributed by atoms with Gasteiger partial charge in [-0.05, 0) is 12.1 Å². The van der Waals surface area contributed by atoms with Crippen LogP contribution in [0.1, 0.15) is 6.42 Å². The second-order valence-electron chi connectivity index (χ2n) is 2.27. The molecule has 3 heteroatoms. The van der Waals surface area contributed by atoms with Gasteiger partial charge < -0.3 is 0 Å². The van der Waals surface area contributed by atoms with E-state index in [0.29, 0.717) is 12.2 Å². The molecule has 0 heterocycles. The molecule has 1 aromatic carbocycles. The van der Waals surface area contributed by atoms with Crippen molar-refractivity contribution in [1.29, 1.82) is 5.26 Å². The molecule has 0 bridgehead atoms. The van der Waals surface area contributed by atoms with Crippen molar-refractivity contribution in [3.05, 3.63) is 30.3 Å². The molecule has 12 heavy (non-hydrogen) atoms. The maximum atomic E-state index is 11.4. The summed E-state index contributed by atoms with van der Waals surface area (Å²) in [6.45, 7) is 0. The van der Waals surface area contributed by atoms with E-state index in [-0.39, 0.29) is 0 Å². The largest absolute Gasteiger partial charge is 0.254 e. The van der Waals surface area contributed by atoms with Crippen molar-refractivity contribution in [3.63, 3.8) is 0 Å². The van der Waals surface area contributed by atoms with E-state index in [1.54, 1.807) is 0 Å². The minimum atomic E-state index is -1.01. The third-order valence-electron chi connectivity index (χ3n) is 1.41. The minimum absolute atomic E-state index is 0.349. The van der Waals surface area contributed by atoms with E-state index in [4.69, 9.17) is 5.26 Å². The first-order valence-electron chi connectivity index (χ1n) is 3.65. The molecule has 62 valence electrons. The van der Waals surface area contributed by atoms with Crippen LogP contribution in [0, 0.1) is 11.3 Å². The molecule has 0 fully saturated rings. The van der Waals surface area contributed by atoms with Gasteiger partial charge in [-0.15, -0.1) is 0 Å². The van der Waals surface area contributed by atoms with Crippen molar-refractivity contribution in [3.8, 4) is 6.07 Å². The van der Waals surface area contributed by atoms with Crippen LogP contribution in [0.3, 0.4) is 0 Å². The van der Waals surface area contributed by atoms with Crippen molar-refractivity contribution in [2.24, 2.45) is 0 Å². The lowest BCUT2D eigenvalue weighted by Crippen LogP contribution is -1.96. The normalized spacial score (nSPS) is 11.9. The average molecular weight is 179 g/mol. The third-order valence-corrected chi connectivity index (χ3v) is 2.78. The molecule has 1 aromatic rings. The number of nitrogens with zero attached hydrogens (tertiary/aromatic N) is 1. The van der Waals surface area contributed by atoms with Crippen LogP contribution < -0.4 is 0 Å². The maximum Gasteiger partial charge on any atom is 0.0631 e. The fraction of sp³-hybridized carbons (Fsp3) is 0.222. The summed E-state index contributed by atoms with van der Waals surface area (Å²) in [5.74, 6) is 0.431. The molecule has 0 aliphatic rings. The monoisotopic (exact) mass is 179 g/mol. The number of nitriles is 1. The van der Waals surface area contributed by atoms with E-state index >= 15 is 0 Å². The maximum absolute atomic E-state index is 11.4. The van der Waals surface area contributed by atoms with Crippen molar-refractivity contribution in [2.45, 2.75) is 11.3 Å². The van der Waals surface area contributed by atoms with Crippen LogP contribution in [0.15, 0.2) is 35.2 Å². The summed E-state index contributed by atoms with van der Waals surface area (Å²) in [7, 11) is -1.01. The Morgan fingerprint density at radius 3 is 2.58 bits per heavy atom. The van der Waals surface area contributed by atoms with Crippen LogP contribution in [0.4, 0.5) is 0 Å². The van der Waals surface area contributed by atoms with Gasteiger partial charge in [-0.2, -0.15) is 5.26 Å². The zero-order chi connectivity index (χ0) is 8.81. The van der Waals surface area contributed by atoms with Crippen molar-refractivity contribution >= 4 is 10.8 Å². The van der Waals surface area contributed by atoms with E-state index < -0.39 is 10.8 Å². The van der Waals surface area contributed by atoms with Crippen LogP contribution >= 0.6 is 0 Å². The van der Waals surface area contributed by atoms with Gasteiger partial charge in [-0.1, -0.05) is 18.2 Å². The average Bonchev–Trinajstić information content (AvgIpc) is 2.15. The van der Waals surface area contributed by atoms with Crippen LogP contribution in [-0.2, 0) is 10.8 Å². The van der Waals surface area contributed by atoms with Gasteiger partial charge in [0.1, 0.15) is 0 Å². The van der Waals surface area contributed by atoms with Crippen molar-refractivity contribution in [2.75, 3.05) is 5.75 Å². The van der Waals surface area contributed by atoms with Gasteiger partial charge in [0.25, 0.3) is 0 Å². The number of hydrogen-bond acceptors (Lipinski definition) is 2. The second-order valence-corrected chi connectivity index (χ2v) is 3.84. The summed E-state index contributed by atoms with van der Waals surface area (Å²) in [6.07, 6.45) is 0.349. The third kappa shape index (κ3) is 2.48. The highest BCUT2D eigenvalue weighted by atomic mass is 32.2. The Bertz CT molecular complexity index is 302. The van der Waals surface area contributed by atoms with Gasteiger partial charge in [0.05, 0.1) is 16.9 Å². The molecule has 1 atom stereocenters. The summed E-state index contributed by atoms with van der Waals surface area (Å²) in [4.78, 5) is 0.799. The Hall–Kier alpha value is -1.14. The Labute approximate surface area is 74.3 Å². The SMILES string of the molecule is N#CCCS(=O)c1ccccc1. The predicted molar refractivity (Wildman–Crippen MR) is 47.9 cm³/mol. The molecule has 0 spiro atoms. The molecule has 0 saturated heterocycles. The minimum Gasteiger partial charge on any atom is -0.254 e. The lowest BCUT2D eigenvalue weighted by atomic mass is 10.4.